The van der Waals surface area contributed by atoms with E-state index in [1.165, 1.54) is 5.56 Å². The lowest BCUT2D eigenvalue weighted by atomic mass is 9.87. The molecule has 2 amide bonds. The third kappa shape index (κ3) is 3.77. The average Bonchev–Trinajstić information content (AvgIpc) is 2.74. The summed E-state index contributed by atoms with van der Waals surface area (Å²) in [5.74, 6) is 0.653. The number of amides is 2. The maximum absolute atomic E-state index is 11.8. The fourth-order valence-corrected chi connectivity index (χ4v) is 2.23. The van der Waals surface area contributed by atoms with E-state index in [0.29, 0.717) is 11.0 Å². The van der Waals surface area contributed by atoms with Gasteiger partial charge in [0.25, 0.3) is 0 Å². The second-order valence-corrected chi connectivity index (χ2v) is 6.31. The first kappa shape index (κ1) is 14.5. The van der Waals surface area contributed by atoms with Crippen molar-refractivity contribution >= 4 is 28.4 Å². The van der Waals surface area contributed by atoms with Crippen molar-refractivity contribution in [2.75, 3.05) is 10.6 Å². The predicted molar refractivity (Wildman–Crippen MR) is 82.4 cm³/mol. The van der Waals surface area contributed by atoms with Gasteiger partial charge in [-0.3, -0.25) is 5.32 Å². The number of carbonyl (C=O) groups is 1. The van der Waals surface area contributed by atoms with Gasteiger partial charge in [0.15, 0.2) is 0 Å². The van der Waals surface area contributed by atoms with E-state index in [-0.39, 0.29) is 11.4 Å². The fourth-order valence-electron chi connectivity index (χ4n) is 1.66. The lowest BCUT2D eigenvalue weighted by molar-refractivity contribution is 0.262. The van der Waals surface area contributed by atoms with Gasteiger partial charge >= 0.3 is 6.03 Å². The largest absolute Gasteiger partial charge is 0.325 e. The Morgan fingerprint density at radius 1 is 1.15 bits per heavy atom. The number of aryl methyl sites for hydroxylation is 1. The molecule has 0 aliphatic heterocycles. The van der Waals surface area contributed by atoms with Crippen molar-refractivity contribution in [1.29, 1.82) is 0 Å². The summed E-state index contributed by atoms with van der Waals surface area (Å²) in [6.07, 6.45) is 0. The molecular formula is C14H18N4OS. The number of nitrogens with one attached hydrogen (secondary N) is 2. The van der Waals surface area contributed by atoms with Gasteiger partial charge in [0.05, 0.1) is 0 Å². The topological polar surface area (TPSA) is 66.9 Å². The molecule has 2 N–H and O–H groups in total. The Hall–Kier alpha value is -1.95. The summed E-state index contributed by atoms with van der Waals surface area (Å²) in [5.41, 5.74) is 2.07. The van der Waals surface area contributed by atoms with E-state index in [0.717, 1.165) is 17.2 Å². The van der Waals surface area contributed by atoms with E-state index >= 15 is 0 Å². The minimum Gasteiger partial charge on any atom is -0.308 e. The number of aromatic nitrogens is 2. The van der Waals surface area contributed by atoms with Crippen LogP contribution >= 0.6 is 11.5 Å². The van der Waals surface area contributed by atoms with E-state index in [1.54, 1.807) is 6.92 Å². The number of hydrogen-bond acceptors (Lipinski definition) is 4. The van der Waals surface area contributed by atoms with Crippen LogP contribution < -0.4 is 10.6 Å². The third-order valence-corrected chi connectivity index (χ3v) is 3.48. The zero-order valence-electron chi connectivity index (χ0n) is 12.0. The summed E-state index contributed by atoms with van der Waals surface area (Å²) in [6, 6.07) is 7.51. The quantitative estimate of drug-likeness (QED) is 0.884. The molecule has 0 unspecified atom stereocenters. The van der Waals surface area contributed by atoms with Gasteiger partial charge in [0, 0.05) is 17.2 Å². The molecule has 0 atom stereocenters. The third-order valence-electron chi connectivity index (χ3n) is 2.76. The van der Waals surface area contributed by atoms with Crippen molar-refractivity contribution in [3.63, 3.8) is 0 Å². The van der Waals surface area contributed by atoms with Crippen molar-refractivity contribution in [3.8, 4) is 0 Å². The molecule has 106 valence electrons. The van der Waals surface area contributed by atoms with E-state index in [2.05, 4.69) is 40.8 Å². The van der Waals surface area contributed by atoms with E-state index in [4.69, 9.17) is 0 Å². The Morgan fingerprint density at radius 2 is 1.80 bits per heavy atom. The molecule has 6 heteroatoms. The lowest BCUT2D eigenvalue weighted by Crippen LogP contribution is -2.19. The molecule has 0 bridgehead atoms. The second kappa shape index (κ2) is 5.58. The van der Waals surface area contributed by atoms with Gasteiger partial charge in [-0.25, -0.2) is 9.78 Å². The second-order valence-electron chi connectivity index (χ2n) is 5.55. The highest BCUT2D eigenvalue weighted by Gasteiger charge is 2.13. The van der Waals surface area contributed by atoms with Crippen LogP contribution in [0.4, 0.5) is 15.6 Å². The highest BCUT2D eigenvalue weighted by Crippen LogP contribution is 2.23. The summed E-state index contributed by atoms with van der Waals surface area (Å²) in [4.78, 5) is 15.9. The van der Waals surface area contributed by atoms with E-state index in [9.17, 15) is 4.79 Å². The van der Waals surface area contributed by atoms with E-state index in [1.807, 2.05) is 24.3 Å². The molecule has 2 rings (SSSR count). The number of benzene rings is 1. The summed E-state index contributed by atoms with van der Waals surface area (Å²) < 4.78 is 4.00. The fraction of sp³-hybridized carbons (Fsp3) is 0.357. The van der Waals surface area contributed by atoms with Crippen LogP contribution in [0.5, 0.6) is 0 Å². The Morgan fingerprint density at radius 3 is 2.30 bits per heavy atom. The van der Waals surface area contributed by atoms with Crippen LogP contribution in [0.1, 0.15) is 32.2 Å². The van der Waals surface area contributed by atoms with Crippen molar-refractivity contribution in [2.24, 2.45) is 0 Å². The molecule has 0 radical (unpaired) electrons. The SMILES string of the molecule is Cc1nsc(NC(=O)Nc2ccc(C(C)(C)C)cc2)n1. The molecule has 2 aromatic rings. The van der Waals surface area contributed by atoms with Gasteiger partial charge in [-0.1, -0.05) is 32.9 Å². The van der Waals surface area contributed by atoms with Gasteiger partial charge in [0.2, 0.25) is 5.13 Å². The molecule has 20 heavy (non-hydrogen) atoms. The van der Waals surface area contributed by atoms with Gasteiger partial charge in [-0.05, 0) is 30.0 Å². The molecule has 1 aromatic heterocycles. The number of anilines is 2. The number of urea groups is 1. The van der Waals surface area contributed by atoms with Gasteiger partial charge < -0.3 is 5.32 Å². The molecule has 0 spiro atoms. The highest BCUT2D eigenvalue weighted by molar-refractivity contribution is 7.09. The minimum atomic E-state index is -0.315. The summed E-state index contributed by atoms with van der Waals surface area (Å²) in [7, 11) is 0. The summed E-state index contributed by atoms with van der Waals surface area (Å²) in [6.45, 7) is 8.24. The first-order valence-electron chi connectivity index (χ1n) is 6.33. The number of rotatable bonds is 2. The zero-order chi connectivity index (χ0) is 14.8. The monoisotopic (exact) mass is 290 g/mol. The molecule has 5 nitrogen and oxygen atoms in total. The van der Waals surface area contributed by atoms with Crippen molar-refractivity contribution in [1.82, 2.24) is 9.36 Å². The van der Waals surface area contributed by atoms with E-state index < -0.39 is 0 Å². The van der Waals surface area contributed by atoms with Crippen molar-refractivity contribution in [3.05, 3.63) is 35.7 Å². The molecule has 0 saturated carbocycles. The van der Waals surface area contributed by atoms with Gasteiger partial charge in [0.1, 0.15) is 5.82 Å². The van der Waals surface area contributed by atoms with Crippen LogP contribution in [-0.4, -0.2) is 15.4 Å². The Bertz CT molecular complexity index is 598. The Balaban J connectivity index is 1.98. The van der Waals surface area contributed by atoms with Crippen LogP contribution in [0.15, 0.2) is 24.3 Å². The van der Waals surface area contributed by atoms with Crippen LogP contribution in [0.2, 0.25) is 0 Å². The Kier molecular flexibility index (Phi) is 4.04. The minimum absolute atomic E-state index is 0.102. The highest BCUT2D eigenvalue weighted by atomic mass is 32.1. The van der Waals surface area contributed by atoms with Gasteiger partial charge in [-0.2, -0.15) is 4.37 Å². The first-order chi connectivity index (χ1) is 9.34. The molecule has 0 fully saturated rings. The first-order valence-corrected chi connectivity index (χ1v) is 7.11. The van der Waals surface area contributed by atoms with Crippen LogP contribution in [-0.2, 0) is 5.41 Å². The molecule has 0 saturated heterocycles. The predicted octanol–water partition coefficient (Wildman–Crippen LogP) is 3.79. The van der Waals surface area contributed by atoms with Crippen molar-refractivity contribution < 1.29 is 4.79 Å². The number of hydrogen-bond donors (Lipinski definition) is 2. The van der Waals surface area contributed by atoms with Gasteiger partial charge in [-0.15, -0.1) is 0 Å². The number of carbonyl (C=O) groups excluding carboxylic acids is 1. The van der Waals surface area contributed by atoms with Crippen LogP contribution in [0, 0.1) is 6.92 Å². The zero-order valence-corrected chi connectivity index (χ0v) is 12.8. The normalized spacial score (nSPS) is 11.2. The van der Waals surface area contributed by atoms with Crippen molar-refractivity contribution in [2.45, 2.75) is 33.1 Å². The number of nitrogens with zero attached hydrogens (tertiary/aromatic N) is 2. The standard InChI is InChI=1S/C14H18N4OS/c1-9-15-13(20-18-9)17-12(19)16-11-7-5-10(6-8-11)14(2,3)4/h5-8H,1-4H3,(H2,15,16,17,18,19). The Labute approximate surface area is 122 Å². The maximum atomic E-state index is 11.8. The van der Waals surface area contributed by atoms with Crippen LogP contribution in [0.3, 0.4) is 0 Å². The molecule has 0 aliphatic carbocycles. The molecule has 0 aliphatic rings. The van der Waals surface area contributed by atoms with Crippen LogP contribution in [0.25, 0.3) is 0 Å². The maximum Gasteiger partial charge on any atom is 0.325 e. The smallest absolute Gasteiger partial charge is 0.308 e. The average molecular weight is 290 g/mol. The lowest BCUT2D eigenvalue weighted by Gasteiger charge is -2.19. The summed E-state index contributed by atoms with van der Waals surface area (Å²) in [5, 5.41) is 5.91. The molecule has 1 heterocycles. The molecule has 1 aromatic carbocycles. The summed E-state index contributed by atoms with van der Waals surface area (Å²) >= 11 is 1.16. The molecular weight excluding hydrogens is 272 g/mol.